The molecule has 2 fully saturated rings. The minimum atomic E-state index is -0.0145. The van der Waals surface area contributed by atoms with Crippen LogP contribution in [0.3, 0.4) is 0 Å². The van der Waals surface area contributed by atoms with Gasteiger partial charge in [0.25, 0.3) is 0 Å². The fourth-order valence-electron chi connectivity index (χ4n) is 4.10. The minimum Gasteiger partial charge on any atom is -0.374 e. The maximum Gasteiger partial charge on any atom is 0.230 e. The number of para-hydroxylation sites is 1. The van der Waals surface area contributed by atoms with E-state index in [4.69, 9.17) is 4.74 Å². The Hall–Kier alpha value is -2.68. The zero-order valence-electron chi connectivity index (χ0n) is 18.6. The lowest BCUT2D eigenvalue weighted by Gasteiger charge is -2.33. The summed E-state index contributed by atoms with van der Waals surface area (Å²) in [6, 6.07) is 20.6. The SMILES string of the molecule is O=C(CSc1nnc(C2CC2)n1-c1ccccc1)NCC1CN(Cc2ccccc2)CCO1. The van der Waals surface area contributed by atoms with E-state index in [9.17, 15) is 4.79 Å². The molecule has 3 aromatic rings. The van der Waals surface area contributed by atoms with Crippen LogP contribution >= 0.6 is 11.8 Å². The first-order valence-electron chi connectivity index (χ1n) is 11.5. The van der Waals surface area contributed by atoms with Crippen LogP contribution in [-0.2, 0) is 16.1 Å². The van der Waals surface area contributed by atoms with Crippen molar-refractivity contribution < 1.29 is 9.53 Å². The van der Waals surface area contributed by atoms with Crippen molar-refractivity contribution in [3.63, 3.8) is 0 Å². The van der Waals surface area contributed by atoms with Crippen LogP contribution in [0.5, 0.6) is 0 Å². The van der Waals surface area contributed by atoms with Crippen LogP contribution in [0.4, 0.5) is 0 Å². The molecule has 8 heteroatoms. The highest BCUT2D eigenvalue weighted by Crippen LogP contribution is 2.41. The Kier molecular flexibility index (Phi) is 7.04. The van der Waals surface area contributed by atoms with Gasteiger partial charge in [-0.05, 0) is 30.5 Å². The molecule has 1 saturated heterocycles. The summed E-state index contributed by atoms with van der Waals surface area (Å²) in [7, 11) is 0. The van der Waals surface area contributed by atoms with Gasteiger partial charge < -0.3 is 10.1 Å². The van der Waals surface area contributed by atoms with Crippen LogP contribution in [0.2, 0.25) is 0 Å². The monoisotopic (exact) mass is 463 g/mol. The van der Waals surface area contributed by atoms with E-state index < -0.39 is 0 Å². The van der Waals surface area contributed by atoms with Crippen LogP contribution < -0.4 is 5.32 Å². The number of aromatic nitrogens is 3. The van der Waals surface area contributed by atoms with E-state index in [0.717, 1.165) is 49.1 Å². The molecule has 5 rings (SSSR count). The first-order chi connectivity index (χ1) is 16.3. The van der Waals surface area contributed by atoms with Crippen molar-refractivity contribution in [2.75, 3.05) is 32.0 Å². The smallest absolute Gasteiger partial charge is 0.230 e. The normalized spacial score (nSPS) is 18.8. The van der Waals surface area contributed by atoms with E-state index in [1.54, 1.807) is 0 Å². The number of thioether (sulfide) groups is 1. The van der Waals surface area contributed by atoms with Gasteiger partial charge in [0, 0.05) is 37.8 Å². The van der Waals surface area contributed by atoms with Crippen LogP contribution in [0.15, 0.2) is 65.8 Å². The molecule has 1 aliphatic carbocycles. The van der Waals surface area contributed by atoms with Crippen molar-refractivity contribution in [2.24, 2.45) is 0 Å². The van der Waals surface area contributed by atoms with Gasteiger partial charge in [-0.3, -0.25) is 14.3 Å². The van der Waals surface area contributed by atoms with Crippen LogP contribution in [0, 0.1) is 0 Å². The lowest BCUT2D eigenvalue weighted by molar-refractivity contribution is -0.119. The average Bonchev–Trinajstić information content (AvgIpc) is 3.62. The summed E-state index contributed by atoms with van der Waals surface area (Å²) in [5.74, 6) is 1.76. The predicted molar refractivity (Wildman–Crippen MR) is 129 cm³/mol. The summed E-state index contributed by atoms with van der Waals surface area (Å²) in [4.78, 5) is 15.0. The van der Waals surface area contributed by atoms with E-state index in [-0.39, 0.29) is 12.0 Å². The Labute approximate surface area is 198 Å². The van der Waals surface area contributed by atoms with Gasteiger partial charge in [-0.1, -0.05) is 60.3 Å². The number of carbonyl (C=O) groups excluding carboxylic acids is 1. The van der Waals surface area contributed by atoms with E-state index >= 15 is 0 Å². The molecule has 2 heterocycles. The molecular weight excluding hydrogens is 434 g/mol. The third-order valence-electron chi connectivity index (χ3n) is 5.95. The molecule has 1 atom stereocenters. The third-order valence-corrected chi connectivity index (χ3v) is 6.88. The Morgan fingerprint density at radius 3 is 2.58 bits per heavy atom. The highest BCUT2D eigenvalue weighted by Gasteiger charge is 2.31. The minimum absolute atomic E-state index is 0.00542. The third kappa shape index (κ3) is 5.82. The number of nitrogens with one attached hydrogen (secondary N) is 1. The van der Waals surface area contributed by atoms with E-state index in [2.05, 4.69) is 61.4 Å². The van der Waals surface area contributed by atoms with Gasteiger partial charge in [0.05, 0.1) is 18.5 Å². The molecule has 1 unspecified atom stereocenters. The maximum atomic E-state index is 12.6. The van der Waals surface area contributed by atoms with E-state index in [1.165, 1.54) is 17.3 Å². The molecule has 1 saturated carbocycles. The fourth-order valence-corrected chi connectivity index (χ4v) is 4.89. The van der Waals surface area contributed by atoms with E-state index in [0.29, 0.717) is 24.8 Å². The summed E-state index contributed by atoms with van der Waals surface area (Å²) in [5.41, 5.74) is 2.34. The fraction of sp³-hybridized carbons (Fsp3) is 0.400. The highest BCUT2D eigenvalue weighted by molar-refractivity contribution is 7.99. The zero-order valence-corrected chi connectivity index (χ0v) is 19.4. The highest BCUT2D eigenvalue weighted by atomic mass is 32.2. The van der Waals surface area contributed by atoms with Crippen LogP contribution in [0.25, 0.3) is 5.69 Å². The number of carbonyl (C=O) groups is 1. The van der Waals surface area contributed by atoms with Crippen LogP contribution in [-0.4, -0.2) is 63.7 Å². The van der Waals surface area contributed by atoms with Gasteiger partial charge in [0.2, 0.25) is 5.91 Å². The van der Waals surface area contributed by atoms with Gasteiger partial charge in [0.15, 0.2) is 5.16 Å². The maximum absolute atomic E-state index is 12.6. The van der Waals surface area contributed by atoms with E-state index in [1.807, 2.05) is 24.3 Å². The second-order valence-corrected chi connectivity index (χ2v) is 9.53. The molecule has 7 nitrogen and oxygen atoms in total. The Bertz CT molecular complexity index is 1060. The second kappa shape index (κ2) is 10.5. The van der Waals surface area contributed by atoms with Crippen molar-refractivity contribution >= 4 is 17.7 Å². The van der Waals surface area contributed by atoms with Gasteiger partial charge >= 0.3 is 0 Å². The summed E-state index contributed by atoms with van der Waals surface area (Å²) >= 11 is 1.43. The first kappa shape index (κ1) is 22.1. The number of amides is 1. The number of nitrogens with zero attached hydrogens (tertiary/aromatic N) is 4. The molecule has 33 heavy (non-hydrogen) atoms. The molecule has 1 amide bonds. The molecule has 2 aliphatic rings. The first-order valence-corrected chi connectivity index (χ1v) is 12.5. The number of morpholine rings is 1. The summed E-state index contributed by atoms with van der Waals surface area (Å²) in [6.45, 7) is 3.83. The Balaban J connectivity index is 1.13. The molecule has 2 aromatic carbocycles. The molecule has 0 radical (unpaired) electrons. The van der Waals surface area contributed by atoms with Crippen molar-refractivity contribution in [1.29, 1.82) is 0 Å². The Morgan fingerprint density at radius 1 is 1.06 bits per heavy atom. The lowest BCUT2D eigenvalue weighted by atomic mass is 10.2. The summed E-state index contributed by atoms with van der Waals surface area (Å²) in [6.07, 6.45) is 2.31. The molecule has 1 N–H and O–H groups in total. The number of ether oxygens (including phenoxy) is 1. The summed E-state index contributed by atoms with van der Waals surface area (Å²) in [5, 5.41) is 12.6. The van der Waals surface area contributed by atoms with Gasteiger partial charge in [-0.25, -0.2) is 0 Å². The second-order valence-electron chi connectivity index (χ2n) is 8.59. The molecule has 1 aliphatic heterocycles. The van der Waals surface area contributed by atoms with Crippen molar-refractivity contribution in [3.05, 3.63) is 72.1 Å². The zero-order chi connectivity index (χ0) is 22.5. The average molecular weight is 464 g/mol. The number of rotatable bonds is 9. The van der Waals surface area contributed by atoms with Crippen molar-refractivity contribution in [1.82, 2.24) is 25.0 Å². The van der Waals surface area contributed by atoms with Gasteiger partial charge in [-0.15, -0.1) is 10.2 Å². The lowest BCUT2D eigenvalue weighted by Crippen LogP contribution is -2.47. The predicted octanol–water partition coefficient (Wildman–Crippen LogP) is 3.25. The standard InChI is InChI=1S/C25H29N5O2S/c31-23(26-15-22-17-29(13-14-32-22)16-19-7-3-1-4-8-19)18-33-25-28-27-24(20-11-12-20)30(25)21-9-5-2-6-10-21/h1-10,20,22H,11-18H2,(H,26,31). The van der Waals surface area contributed by atoms with Crippen LogP contribution in [0.1, 0.15) is 30.1 Å². The summed E-state index contributed by atoms with van der Waals surface area (Å²) < 4.78 is 7.98. The van der Waals surface area contributed by atoms with Crippen molar-refractivity contribution in [3.8, 4) is 5.69 Å². The van der Waals surface area contributed by atoms with Crippen molar-refractivity contribution in [2.45, 2.75) is 36.6 Å². The number of benzene rings is 2. The number of hydrogen-bond acceptors (Lipinski definition) is 6. The Morgan fingerprint density at radius 2 is 1.82 bits per heavy atom. The van der Waals surface area contributed by atoms with Gasteiger partial charge in [-0.2, -0.15) is 0 Å². The molecule has 1 aromatic heterocycles. The quantitative estimate of drug-likeness (QED) is 0.491. The molecule has 0 bridgehead atoms. The molecular formula is C25H29N5O2S. The number of hydrogen-bond donors (Lipinski definition) is 1. The topological polar surface area (TPSA) is 72.3 Å². The molecule has 0 spiro atoms. The van der Waals surface area contributed by atoms with Gasteiger partial charge in [0.1, 0.15) is 5.82 Å². The molecule has 172 valence electrons. The largest absolute Gasteiger partial charge is 0.374 e.